The van der Waals surface area contributed by atoms with Crippen LogP contribution in [0, 0.1) is 0 Å². The van der Waals surface area contributed by atoms with Gasteiger partial charge in [-0.05, 0) is 20.8 Å². The van der Waals surface area contributed by atoms with Crippen LogP contribution in [0.5, 0.6) is 0 Å². The number of hydrogen-bond acceptors (Lipinski definition) is 3. The van der Waals surface area contributed by atoms with E-state index in [1.54, 1.807) is 0 Å². The molecule has 0 aliphatic rings. The van der Waals surface area contributed by atoms with E-state index in [9.17, 15) is 22.8 Å². The van der Waals surface area contributed by atoms with Crippen molar-refractivity contribution in [3.63, 3.8) is 0 Å². The summed E-state index contributed by atoms with van der Waals surface area (Å²) in [6, 6.07) is 0. The molecule has 1 atom stereocenters. The summed E-state index contributed by atoms with van der Waals surface area (Å²) in [4.78, 5) is 22.3. The summed E-state index contributed by atoms with van der Waals surface area (Å²) in [5, 5.41) is 10.2. The number of amides is 1. The molecule has 0 aromatic carbocycles. The molecular weight excluding hydrogens is 267 g/mol. The van der Waals surface area contributed by atoms with E-state index in [4.69, 9.17) is 5.11 Å². The third-order valence-corrected chi connectivity index (χ3v) is 2.01. The van der Waals surface area contributed by atoms with E-state index in [1.165, 1.54) is 26.1 Å². The van der Waals surface area contributed by atoms with Gasteiger partial charge in [-0.1, -0.05) is 6.08 Å². The average molecular weight is 283 g/mol. The molecule has 19 heavy (non-hydrogen) atoms. The third-order valence-electron chi connectivity index (χ3n) is 2.01. The molecule has 0 rings (SSSR count). The number of hydrogen-bond donors (Lipinski definition) is 2. The lowest BCUT2D eigenvalue weighted by Gasteiger charge is -2.32. The van der Waals surface area contributed by atoms with Crippen molar-refractivity contribution in [2.45, 2.75) is 44.5 Å². The van der Waals surface area contributed by atoms with Crippen LogP contribution < -0.4 is 5.32 Å². The van der Waals surface area contributed by atoms with Gasteiger partial charge < -0.3 is 9.84 Å². The molecule has 0 radical (unpaired) electrons. The zero-order chi connectivity index (χ0) is 15.5. The molecular formula is C11H16F3NO4. The first-order chi connectivity index (χ1) is 8.35. The fourth-order valence-electron chi connectivity index (χ4n) is 1.19. The van der Waals surface area contributed by atoms with Gasteiger partial charge in [0.15, 0.2) is 0 Å². The van der Waals surface area contributed by atoms with Gasteiger partial charge in [0, 0.05) is 6.42 Å². The van der Waals surface area contributed by atoms with Gasteiger partial charge in [-0.15, -0.1) is 6.58 Å². The number of carbonyl (C=O) groups is 2. The topological polar surface area (TPSA) is 75.6 Å². The predicted octanol–water partition coefficient (Wildman–Crippen LogP) is 2.47. The Kier molecular flexibility index (Phi) is 5.00. The van der Waals surface area contributed by atoms with Crippen LogP contribution in [-0.2, 0) is 9.53 Å². The molecule has 0 aliphatic carbocycles. The Bertz CT molecular complexity index is 373. The maximum absolute atomic E-state index is 12.9. The monoisotopic (exact) mass is 283 g/mol. The molecule has 1 unspecified atom stereocenters. The van der Waals surface area contributed by atoms with E-state index in [0.717, 1.165) is 6.08 Å². The second-order valence-corrected chi connectivity index (χ2v) is 4.83. The van der Waals surface area contributed by atoms with Gasteiger partial charge in [-0.2, -0.15) is 13.2 Å². The van der Waals surface area contributed by atoms with Crippen molar-refractivity contribution < 1.29 is 32.6 Å². The van der Waals surface area contributed by atoms with Crippen LogP contribution in [0.15, 0.2) is 12.7 Å². The number of rotatable bonds is 4. The smallest absolute Gasteiger partial charge is 0.422 e. The van der Waals surface area contributed by atoms with Gasteiger partial charge in [-0.3, -0.25) is 5.32 Å². The molecule has 0 spiro atoms. The average Bonchev–Trinajstić information content (AvgIpc) is 2.11. The summed E-state index contributed by atoms with van der Waals surface area (Å²) in [7, 11) is 0. The van der Waals surface area contributed by atoms with Crippen LogP contribution in [-0.4, -0.2) is 34.5 Å². The van der Waals surface area contributed by atoms with E-state index in [0.29, 0.717) is 0 Å². The number of halogens is 3. The van der Waals surface area contributed by atoms with Gasteiger partial charge in [0.05, 0.1) is 0 Å². The summed E-state index contributed by atoms with van der Waals surface area (Å²) in [5.41, 5.74) is -4.49. The lowest BCUT2D eigenvalue weighted by molar-refractivity contribution is -0.208. The number of carboxylic acid groups (broad SMARTS) is 1. The van der Waals surface area contributed by atoms with Gasteiger partial charge in [-0.25, -0.2) is 9.59 Å². The first-order valence-corrected chi connectivity index (χ1v) is 5.28. The molecule has 1 amide bonds. The highest BCUT2D eigenvalue weighted by Crippen LogP contribution is 2.34. The standard InChI is InChI=1S/C11H16F3NO4/c1-5-6-10(7(16)17,11(12,13)14)15-8(18)19-9(2,3)4/h5H,1,6H2,2-4H3,(H,15,18)(H,16,17). The molecule has 8 heteroatoms. The van der Waals surface area contributed by atoms with Crippen LogP contribution >= 0.6 is 0 Å². The van der Waals surface area contributed by atoms with Gasteiger partial charge in [0.1, 0.15) is 5.60 Å². The van der Waals surface area contributed by atoms with Crippen molar-refractivity contribution in [1.82, 2.24) is 5.32 Å². The highest BCUT2D eigenvalue weighted by Gasteiger charge is 2.61. The molecule has 0 aromatic rings. The number of alkyl carbamates (subject to hydrolysis) is 1. The zero-order valence-electron chi connectivity index (χ0n) is 10.8. The van der Waals surface area contributed by atoms with Crippen molar-refractivity contribution in [2.24, 2.45) is 0 Å². The van der Waals surface area contributed by atoms with Crippen molar-refractivity contribution in [2.75, 3.05) is 0 Å². The maximum Gasteiger partial charge on any atom is 0.422 e. The first-order valence-electron chi connectivity index (χ1n) is 5.28. The Labute approximate surface area is 108 Å². The SMILES string of the molecule is C=CCC(NC(=O)OC(C)(C)C)(C(=O)O)C(F)(F)F. The van der Waals surface area contributed by atoms with Crippen LogP contribution in [0.3, 0.4) is 0 Å². The highest BCUT2D eigenvalue weighted by atomic mass is 19.4. The number of alkyl halides is 3. The highest BCUT2D eigenvalue weighted by molar-refractivity contribution is 5.85. The molecule has 0 heterocycles. The Morgan fingerprint density at radius 2 is 1.79 bits per heavy atom. The molecule has 0 aromatic heterocycles. The Balaban J connectivity index is 5.33. The van der Waals surface area contributed by atoms with Crippen molar-refractivity contribution in [3.05, 3.63) is 12.7 Å². The van der Waals surface area contributed by atoms with E-state index in [-0.39, 0.29) is 0 Å². The van der Waals surface area contributed by atoms with Gasteiger partial charge in [0.25, 0.3) is 0 Å². The van der Waals surface area contributed by atoms with Gasteiger partial charge in [0.2, 0.25) is 5.54 Å². The molecule has 5 nitrogen and oxygen atoms in total. The Morgan fingerprint density at radius 3 is 2.05 bits per heavy atom. The fraction of sp³-hybridized carbons (Fsp3) is 0.636. The van der Waals surface area contributed by atoms with Crippen LogP contribution in [0.1, 0.15) is 27.2 Å². The number of aliphatic carboxylic acids is 1. The van der Waals surface area contributed by atoms with E-state index >= 15 is 0 Å². The Hall–Kier alpha value is -1.73. The quantitative estimate of drug-likeness (QED) is 0.777. The largest absolute Gasteiger partial charge is 0.479 e. The number of carboxylic acids is 1. The van der Waals surface area contributed by atoms with Crippen LogP contribution in [0.4, 0.5) is 18.0 Å². The normalized spacial score (nSPS) is 15.3. The minimum atomic E-state index is -5.19. The second kappa shape index (κ2) is 5.50. The summed E-state index contributed by atoms with van der Waals surface area (Å²) in [6.07, 6.45) is -6.90. The number of ether oxygens (including phenoxy) is 1. The minimum absolute atomic E-state index is 0.763. The van der Waals surface area contributed by atoms with Crippen molar-refractivity contribution >= 4 is 12.1 Å². The van der Waals surface area contributed by atoms with E-state index in [2.05, 4.69) is 11.3 Å². The maximum atomic E-state index is 12.9. The van der Waals surface area contributed by atoms with Crippen molar-refractivity contribution in [1.29, 1.82) is 0 Å². The summed E-state index contributed by atoms with van der Waals surface area (Å²) >= 11 is 0. The Morgan fingerprint density at radius 1 is 1.32 bits per heavy atom. The van der Waals surface area contributed by atoms with Crippen molar-refractivity contribution in [3.8, 4) is 0 Å². The summed E-state index contributed by atoms with van der Waals surface area (Å²) in [5.74, 6) is -2.23. The molecule has 0 saturated heterocycles. The molecule has 2 N–H and O–H groups in total. The molecule has 0 saturated carbocycles. The predicted molar refractivity (Wildman–Crippen MR) is 60.6 cm³/mol. The molecule has 0 bridgehead atoms. The lowest BCUT2D eigenvalue weighted by atomic mass is 9.94. The summed E-state index contributed by atoms with van der Waals surface area (Å²) < 4.78 is 43.4. The fourth-order valence-corrected chi connectivity index (χ4v) is 1.19. The second-order valence-electron chi connectivity index (χ2n) is 4.83. The zero-order valence-corrected chi connectivity index (χ0v) is 10.8. The van der Waals surface area contributed by atoms with E-state index < -0.39 is 35.8 Å². The summed E-state index contributed by atoms with van der Waals surface area (Å²) in [6.45, 7) is 7.39. The number of carbonyl (C=O) groups excluding carboxylic acids is 1. The van der Waals surface area contributed by atoms with E-state index in [1.807, 2.05) is 0 Å². The van der Waals surface area contributed by atoms with Gasteiger partial charge >= 0.3 is 18.2 Å². The van der Waals surface area contributed by atoms with Crippen LogP contribution in [0.25, 0.3) is 0 Å². The number of nitrogens with one attached hydrogen (secondary N) is 1. The molecule has 0 fully saturated rings. The molecule has 110 valence electrons. The van der Waals surface area contributed by atoms with Crippen LogP contribution in [0.2, 0.25) is 0 Å². The lowest BCUT2D eigenvalue weighted by Crippen LogP contribution is -2.64. The minimum Gasteiger partial charge on any atom is -0.479 e. The third kappa shape index (κ3) is 4.46. The first kappa shape index (κ1) is 17.3. The molecule has 0 aliphatic heterocycles.